The topological polar surface area (TPSA) is 79.6 Å². The Morgan fingerprint density at radius 1 is 1.28 bits per heavy atom. The van der Waals surface area contributed by atoms with Gasteiger partial charge in [0.2, 0.25) is 10.0 Å². The minimum absolute atomic E-state index is 0.132. The van der Waals surface area contributed by atoms with E-state index >= 15 is 0 Å². The first-order valence-corrected chi connectivity index (χ1v) is 10.8. The van der Waals surface area contributed by atoms with E-state index in [1.54, 1.807) is 53.1 Å². The fourth-order valence-corrected chi connectivity index (χ4v) is 6.11. The summed E-state index contributed by atoms with van der Waals surface area (Å²) in [5.41, 5.74) is 2.78. The van der Waals surface area contributed by atoms with Gasteiger partial charge >= 0.3 is 5.97 Å². The molecule has 6 nitrogen and oxygen atoms in total. The molecule has 29 heavy (non-hydrogen) atoms. The normalized spacial score (nSPS) is 18.1. The summed E-state index contributed by atoms with van der Waals surface area (Å²) < 4.78 is 29.5. The smallest absolute Gasteiger partial charge is 0.323 e. The molecule has 1 aliphatic rings. The lowest BCUT2D eigenvalue weighted by Crippen LogP contribution is -2.29. The molecule has 0 fully saturated rings. The van der Waals surface area contributed by atoms with E-state index in [0.717, 1.165) is 10.9 Å². The number of carboxylic acid groups (broad SMARTS) is 1. The fourth-order valence-electron chi connectivity index (χ4n) is 4.16. The molecule has 0 bridgehead atoms. The van der Waals surface area contributed by atoms with E-state index in [2.05, 4.69) is 6.58 Å². The summed E-state index contributed by atoms with van der Waals surface area (Å²) in [6, 6.07) is 11.5. The summed E-state index contributed by atoms with van der Waals surface area (Å²) in [6.45, 7) is 5.43. The molecule has 8 heteroatoms. The van der Waals surface area contributed by atoms with Gasteiger partial charge in [0.25, 0.3) is 0 Å². The summed E-state index contributed by atoms with van der Waals surface area (Å²) in [6.07, 6.45) is 1.55. The van der Waals surface area contributed by atoms with Crippen molar-refractivity contribution in [2.45, 2.75) is 24.4 Å². The van der Waals surface area contributed by atoms with Gasteiger partial charge in [-0.3, -0.25) is 4.79 Å². The van der Waals surface area contributed by atoms with E-state index in [4.69, 9.17) is 11.6 Å². The van der Waals surface area contributed by atoms with Crippen LogP contribution in [-0.2, 0) is 21.4 Å². The number of carbonyl (C=O) groups is 1. The zero-order valence-corrected chi connectivity index (χ0v) is 17.2. The lowest BCUT2D eigenvalue weighted by molar-refractivity contribution is -0.137. The van der Waals surface area contributed by atoms with Gasteiger partial charge in [-0.15, -0.1) is 6.58 Å². The van der Waals surface area contributed by atoms with Crippen LogP contribution in [0, 0.1) is 6.92 Å². The second kappa shape index (κ2) is 7.02. The molecule has 3 aromatic rings. The van der Waals surface area contributed by atoms with Crippen LogP contribution in [-0.4, -0.2) is 34.9 Å². The van der Waals surface area contributed by atoms with Crippen LogP contribution in [0.1, 0.15) is 22.9 Å². The van der Waals surface area contributed by atoms with Crippen LogP contribution in [0.2, 0.25) is 5.02 Å². The van der Waals surface area contributed by atoms with Gasteiger partial charge in [-0.2, -0.15) is 4.31 Å². The first-order chi connectivity index (χ1) is 13.8. The van der Waals surface area contributed by atoms with Crippen molar-refractivity contribution in [1.82, 2.24) is 8.87 Å². The molecule has 1 N–H and O–H groups in total. The van der Waals surface area contributed by atoms with Gasteiger partial charge in [0.15, 0.2) is 0 Å². The van der Waals surface area contributed by atoms with Crippen molar-refractivity contribution in [2.75, 3.05) is 6.54 Å². The van der Waals surface area contributed by atoms with Gasteiger partial charge < -0.3 is 9.67 Å². The Kier molecular flexibility index (Phi) is 4.77. The molecule has 1 atom stereocenters. The molecule has 2 aromatic carbocycles. The van der Waals surface area contributed by atoms with Crippen molar-refractivity contribution in [3.8, 4) is 0 Å². The van der Waals surface area contributed by atoms with Crippen LogP contribution >= 0.6 is 11.6 Å². The number of hydrogen-bond acceptors (Lipinski definition) is 3. The fraction of sp³-hybridized carbons (Fsp3) is 0.190. The zero-order chi connectivity index (χ0) is 20.9. The second-order valence-corrected chi connectivity index (χ2v) is 9.24. The Morgan fingerprint density at radius 3 is 2.69 bits per heavy atom. The van der Waals surface area contributed by atoms with Gasteiger partial charge in [-0.05, 0) is 36.8 Å². The lowest BCUT2D eigenvalue weighted by atomic mass is 9.96. The highest BCUT2D eigenvalue weighted by Gasteiger charge is 2.44. The van der Waals surface area contributed by atoms with E-state index in [9.17, 15) is 18.3 Å². The molecule has 4 rings (SSSR count). The first kappa shape index (κ1) is 19.7. The van der Waals surface area contributed by atoms with Crippen LogP contribution in [0.25, 0.3) is 10.9 Å². The largest absolute Gasteiger partial charge is 0.480 e. The van der Waals surface area contributed by atoms with E-state index in [0.29, 0.717) is 21.8 Å². The van der Waals surface area contributed by atoms with E-state index in [-0.39, 0.29) is 18.0 Å². The van der Waals surface area contributed by atoms with Gasteiger partial charge in [-0.1, -0.05) is 35.9 Å². The molecular weight excluding hydrogens is 412 g/mol. The quantitative estimate of drug-likeness (QED) is 0.621. The Hall–Kier alpha value is -2.61. The molecule has 0 spiro atoms. The molecule has 2 heterocycles. The molecule has 0 amide bonds. The van der Waals surface area contributed by atoms with Gasteiger partial charge in [0.05, 0.1) is 10.9 Å². The zero-order valence-electron chi connectivity index (χ0n) is 15.7. The Morgan fingerprint density at radius 2 is 2.00 bits per heavy atom. The minimum Gasteiger partial charge on any atom is -0.480 e. The van der Waals surface area contributed by atoms with Crippen molar-refractivity contribution in [1.29, 1.82) is 0 Å². The molecule has 1 unspecified atom stereocenters. The van der Waals surface area contributed by atoms with Crippen molar-refractivity contribution in [3.63, 3.8) is 0 Å². The monoisotopic (exact) mass is 430 g/mol. The summed E-state index contributed by atoms with van der Waals surface area (Å²) in [5, 5.41) is 10.6. The third-order valence-electron chi connectivity index (χ3n) is 5.30. The van der Waals surface area contributed by atoms with Crippen LogP contribution in [0.5, 0.6) is 0 Å². The predicted octanol–water partition coefficient (Wildman–Crippen LogP) is 3.97. The van der Waals surface area contributed by atoms with Crippen molar-refractivity contribution in [2.24, 2.45) is 0 Å². The van der Waals surface area contributed by atoms with Crippen molar-refractivity contribution in [3.05, 3.63) is 77.0 Å². The molecule has 1 aliphatic heterocycles. The average molecular weight is 431 g/mol. The van der Waals surface area contributed by atoms with Crippen LogP contribution < -0.4 is 0 Å². The predicted molar refractivity (Wildman–Crippen MR) is 112 cm³/mol. The number of halogens is 1. The maximum absolute atomic E-state index is 13.2. The maximum Gasteiger partial charge on any atom is 0.323 e. The lowest BCUT2D eigenvalue weighted by Gasteiger charge is -2.23. The Balaban J connectivity index is 2.08. The summed E-state index contributed by atoms with van der Waals surface area (Å²) in [5.74, 6) is -0.978. The van der Waals surface area contributed by atoms with Crippen LogP contribution in [0.15, 0.2) is 60.0 Å². The molecule has 150 valence electrons. The van der Waals surface area contributed by atoms with Gasteiger partial charge in [0.1, 0.15) is 6.54 Å². The number of rotatable bonds is 5. The van der Waals surface area contributed by atoms with E-state index in [1.807, 2.05) is 6.92 Å². The average Bonchev–Trinajstić information content (AvgIpc) is 3.04. The minimum atomic E-state index is -3.71. The molecule has 0 saturated carbocycles. The number of sulfonamides is 1. The molecule has 0 radical (unpaired) electrons. The third kappa shape index (κ3) is 2.97. The standard InChI is InChI=1S/C21H19ClN2O4S/c1-3-10-24-21(15-6-4-5-7-18(15)29(24,27)28)20-13(2)23(12-19(25)26)17-9-8-14(22)11-16(17)20/h3-9,11,21H,1,10,12H2,2H3,(H,25,26). The molecular formula is C21H19ClN2O4S. The second-order valence-electron chi connectivity index (χ2n) is 6.94. The number of benzene rings is 2. The van der Waals surface area contributed by atoms with Gasteiger partial charge in [-0.25, -0.2) is 8.42 Å². The number of nitrogens with zero attached hydrogens (tertiary/aromatic N) is 2. The van der Waals surface area contributed by atoms with E-state index < -0.39 is 22.0 Å². The highest BCUT2D eigenvalue weighted by Crippen LogP contribution is 2.47. The highest BCUT2D eigenvalue weighted by atomic mass is 35.5. The number of aliphatic carboxylic acids is 1. The van der Waals surface area contributed by atoms with Crippen LogP contribution in [0.3, 0.4) is 0 Å². The number of hydrogen-bond donors (Lipinski definition) is 1. The van der Waals surface area contributed by atoms with Crippen LogP contribution in [0.4, 0.5) is 0 Å². The number of carboxylic acids is 1. The summed E-state index contributed by atoms with van der Waals surface area (Å²) in [4.78, 5) is 11.7. The summed E-state index contributed by atoms with van der Waals surface area (Å²) in [7, 11) is -3.71. The Labute approximate surface area is 173 Å². The van der Waals surface area contributed by atoms with Crippen molar-refractivity contribution >= 4 is 38.5 Å². The number of aromatic nitrogens is 1. The molecule has 1 aromatic heterocycles. The van der Waals surface area contributed by atoms with E-state index in [1.165, 1.54) is 4.31 Å². The molecule has 0 saturated heterocycles. The van der Waals surface area contributed by atoms with Crippen molar-refractivity contribution < 1.29 is 18.3 Å². The maximum atomic E-state index is 13.2. The third-order valence-corrected chi connectivity index (χ3v) is 7.44. The summed E-state index contributed by atoms with van der Waals surface area (Å²) >= 11 is 6.24. The Bertz CT molecular complexity index is 1260. The first-order valence-electron chi connectivity index (χ1n) is 8.99. The van der Waals surface area contributed by atoms with Gasteiger partial charge in [0, 0.05) is 33.7 Å². The SMILES string of the molecule is C=CCN1C(c2c(C)n(CC(=O)O)c3ccc(Cl)cc23)c2ccccc2S1(=O)=O. The highest BCUT2D eigenvalue weighted by molar-refractivity contribution is 7.89. The molecule has 0 aliphatic carbocycles. The number of fused-ring (bicyclic) bond motifs is 2.